The second-order valence-corrected chi connectivity index (χ2v) is 5.70. The van der Waals surface area contributed by atoms with Gasteiger partial charge in [-0.3, -0.25) is 14.4 Å². The van der Waals surface area contributed by atoms with Crippen molar-refractivity contribution in [3.63, 3.8) is 0 Å². The Balaban J connectivity index is 2.09. The van der Waals surface area contributed by atoms with Crippen molar-refractivity contribution in [2.45, 2.75) is 19.3 Å². The zero-order chi connectivity index (χ0) is 13.8. The van der Waals surface area contributed by atoms with Gasteiger partial charge in [0.05, 0.1) is 5.69 Å². The first-order valence-electron chi connectivity index (χ1n) is 6.90. The standard InChI is InChI=1S/C15H17N3OS/c19-14-9-12-20-15(16-17-10-5-2-6-11-17)18(14)13-7-3-1-4-8-13/h1,3-4,7-9,12H,2,5-6,10-11H2. The molecule has 1 saturated heterocycles. The first-order valence-corrected chi connectivity index (χ1v) is 7.78. The third-order valence-corrected chi connectivity index (χ3v) is 4.12. The number of piperidine rings is 1. The van der Waals surface area contributed by atoms with Crippen molar-refractivity contribution in [1.29, 1.82) is 0 Å². The number of nitrogens with zero attached hydrogens (tertiary/aromatic N) is 3. The molecule has 0 unspecified atom stereocenters. The van der Waals surface area contributed by atoms with Gasteiger partial charge in [0.25, 0.3) is 5.56 Å². The number of hydrogen-bond donors (Lipinski definition) is 0. The van der Waals surface area contributed by atoms with Gasteiger partial charge in [-0.25, -0.2) is 0 Å². The van der Waals surface area contributed by atoms with Gasteiger partial charge in [0.15, 0.2) is 0 Å². The highest BCUT2D eigenvalue weighted by Crippen LogP contribution is 2.08. The van der Waals surface area contributed by atoms with E-state index in [1.807, 2.05) is 35.7 Å². The molecule has 0 amide bonds. The van der Waals surface area contributed by atoms with Crippen molar-refractivity contribution in [2.24, 2.45) is 5.10 Å². The lowest BCUT2D eigenvalue weighted by Gasteiger charge is -2.23. The lowest BCUT2D eigenvalue weighted by atomic mass is 10.2. The Morgan fingerprint density at radius 2 is 1.75 bits per heavy atom. The Bertz CT molecular complexity index is 684. The van der Waals surface area contributed by atoms with Gasteiger partial charge in [-0.1, -0.05) is 18.2 Å². The molecule has 0 atom stereocenters. The second kappa shape index (κ2) is 6.05. The van der Waals surface area contributed by atoms with Crippen LogP contribution in [0.1, 0.15) is 19.3 Å². The summed E-state index contributed by atoms with van der Waals surface area (Å²) in [4.78, 5) is 12.9. The van der Waals surface area contributed by atoms with Crippen LogP contribution in [0.25, 0.3) is 5.69 Å². The van der Waals surface area contributed by atoms with Crippen molar-refractivity contribution >= 4 is 11.3 Å². The van der Waals surface area contributed by atoms with E-state index in [1.54, 1.807) is 10.6 Å². The highest BCUT2D eigenvalue weighted by molar-refractivity contribution is 7.06. The summed E-state index contributed by atoms with van der Waals surface area (Å²) in [5.74, 6) is 0. The number of aromatic nitrogens is 1. The average Bonchev–Trinajstić information content (AvgIpc) is 2.49. The van der Waals surface area contributed by atoms with Gasteiger partial charge >= 0.3 is 0 Å². The third kappa shape index (κ3) is 2.82. The molecule has 0 bridgehead atoms. The Labute approximate surface area is 121 Å². The summed E-state index contributed by atoms with van der Waals surface area (Å²) < 4.78 is 1.68. The van der Waals surface area contributed by atoms with E-state index in [9.17, 15) is 4.79 Å². The fraction of sp³-hybridized carbons (Fsp3) is 0.333. The summed E-state index contributed by atoms with van der Waals surface area (Å²) in [6, 6.07) is 11.3. The molecular formula is C15H17N3OS. The van der Waals surface area contributed by atoms with Crippen LogP contribution in [0.5, 0.6) is 0 Å². The maximum atomic E-state index is 12.2. The zero-order valence-electron chi connectivity index (χ0n) is 11.2. The van der Waals surface area contributed by atoms with E-state index in [2.05, 4.69) is 10.1 Å². The van der Waals surface area contributed by atoms with E-state index >= 15 is 0 Å². The second-order valence-electron chi connectivity index (χ2n) is 4.83. The van der Waals surface area contributed by atoms with Gasteiger partial charge < -0.3 is 0 Å². The quantitative estimate of drug-likeness (QED) is 0.849. The van der Waals surface area contributed by atoms with Gasteiger partial charge in [-0.05, 0) is 36.8 Å². The summed E-state index contributed by atoms with van der Waals surface area (Å²) in [7, 11) is 0. The fourth-order valence-electron chi connectivity index (χ4n) is 2.36. The van der Waals surface area contributed by atoms with Crippen LogP contribution >= 0.6 is 11.3 Å². The topological polar surface area (TPSA) is 37.6 Å². The maximum absolute atomic E-state index is 12.2. The van der Waals surface area contributed by atoms with Gasteiger partial charge in [0.1, 0.15) is 0 Å². The van der Waals surface area contributed by atoms with E-state index in [0.29, 0.717) is 0 Å². The molecule has 4 nitrogen and oxygen atoms in total. The van der Waals surface area contributed by atoms with Gasteiger partial charge in [-0.15, -0.1) is 16.4 Å². The molecule has 1 aliphatic heterocycles. The smallest absolute Gasteiger partial charge is 0.258 e. The van der Waals surface area contributed by atoms with Crippen LogP contribution in [0.15, 0.2) is 51.7 Å². The minimum absolute atomic E-state index is 0.0364. The first-order chi connectivity index (χ1) is 9.84. The number of hydrogen-bond acceptors (Lipinski definition) is 4. The molecule has 2 aromatic rings. The Morgan fingerprint density at radius 3 is 2.50 bits per heavy atom. The molecule has 1 aromatic carbocycles. The fourth-order valence-corrected chi connectivity index (χ4v) is 3.13. The van der Waals surface area contributed by atoms with E-state index in [-0.39, 0.29) is 5.56 Å². The highest BCUT2D eigenvalue weighted by atomic mass is 32.1. The molecule has 0 N–H and O–H groups in total. The van der Waals surface area contributed by atoms with E-state index < -0.39 is 0 Å². The van der Waals surface area contributed by atoms with Crippen LogP contribution in [0, 0.1) is 0 Å². The maximum Gasteiger partial charge on any atom is 0.258 e. The molecule has 0 radical (unpaired) electrons. The van der Waals surface area contributed by atoms with E-state index in [1.165, 1.54) is 30.6 Å². The zero-order valence-corrected chi connectivity index (χ0v) is 12.1. The van der Waals surface area contributed by atoms with E-state index in [0.717, 1.165) is 23.6 Å². The summed E-state index contributed by atoms with van der Waals surface area (Å²) in [6.07, 6.45) is 3.63. The van der Waals surface area contributed by atoms with Crippen molar-refractivity contribution < 1.29 is 0 Å². The SMILES string of the molecule is O=c1ccsc(=NN2CCCCC2)n1-c1ccccc1. The third-order valence-electron chi connectivity index (χ3n) is 3.37. The predicted molar refractivity (Wildman–Crippen MR) is 80.9 cm³/mol. The van der Waals surface area contributed by atoms with Crippen LogP contribution in [-0.2, 0) is 0 Å². The van der Waals surface area contributed by atoms with Crippen molar-refractivity contribution in [3.8, 4) is 5.69 Å². The van der Waals surface area contributed by atoms with Crippen LogP contribution < -0.4 is 10.4 Å². The summed E-state index contributed by atoms with van der Waals surface area (Å²) in [5, 5.41) is 8.56. The number of rotatable bonds is 2. The first kappa shape index (κ1) is 13.1. The monoisotopic (exact) mass is 287 g/mol. The lowest BCUT2D eigenvalue weighted by molar-refractivity contribution is 0.230. The molecule has 0 spiro atoms. The molecule has 1 fully saturated rings. The van der Waals surface area contributed by atoms with Crippen molar-refractivity contribution in [1.82, 2.24) is 9.58 Å². The average molecular weight is 287 g/mol. The minimum Gasteiger partial charge on any atom is -0.294 e. The predicted octanol–water partition coefficient (Wildman–Crippen LogP) is 2.20. The Morgan fingerprint density at radius 1 is 1.00 bits per heavy atom. The molecule has 2 heterocycles. The normalized spacial score (nSPS) is 16.4. The summed E-state index contributed by atoms with van der Waals surface area (Å²) in [5.41, 5.74) is 0.829. The van der Waals surface area contributed by atoms with Crippen LogP contribution in [0.3, 0.4) is 0 Å². The molecule has 5 heteroatoms. The van der Waals surface area contributed by atoms with Gasteiger partial charge in [0, 0.05) is 19.2 Å². The Hall–Kier alpha value is -1.88. The molecule has 1 aromatic heterocycles. The minimum atomic E-state index is -0.0364. The molecule has 0 saturated carbocycles. The molecule has 104 valence electrons. The van der Waals surface area contributed by atoms with Gasteiger partial charge in [0.2, 0.25) is 4.80 Å². The number of benzene rings is 1. The lowest BCUT2D eigenvalue weighted by Crippen LogP contribution is -2.34. The van der Waals surface area contributed by atoms with Crippen LogP contribution in [-0.4, -0.2) is 22.7 Å². The number of para-hydroxylation sites is 1. The molecule has 3 rings (SSSR count). The summed E-state index contributed by atoms with van der Waals surface area (Å²) in [6.45, 7) is 1.95. The highest BCUT2D eigenvalue weighted by Gasteiger charge is 2.08. The Kier molecular flexibility index (Phi) is 3.97. The molecule has 20 heavy (non-hydrogen) atoms. The van der Waals surface area contributed by atoms with Crippen molar-refractivity contribution in [2.75, 3.05) is 13.1 Å². The largest absolute Gasteiger partial charge is 0.294 e. The van der Waals surface area contributed by atoms with Crippen LogP contribution in [0.2, 0.25) is 0 Å². The molecule has 0 aliphatic carbocycles. The van der Waals surface area contributed by atoms with Crippen LogP contribution in [0.4, 0.5) is 0 Å². The summed E-state index contributed by atoms with van der Waals surface area (Å²) >= 11 is 1.50. The molecule has 1 aliphatic rings. The van der Waals surface area contributed by atoms with Gasteiger partial charge in [-0.2, -0.15) is 0 Å². The molecular weight excluding hydrogens is 270 g/mol. The van der Waals surface area contributed by atoms with E-state index in [4.69, 9.17) is 0 Å². The van der Waals surface area contributed by atoms with Crippen molar-refractivity contribution in [3.05, 3.63) is 56.9 Å².